The summed E-state index contributed by atoms with van der Waals surface area (Å²) < 4.78 is 27.9. The summed E-state index contributed by atoms with van der Waals surface area (Å²) in [4.78, 5) is 2.42. The van der Waals surface area contributed by atoms with Gasteiger partial charge in [-0.1, -0.05) is 28.1 Å². The Morgan fingerprint density at radius 1 is 1.23 bits per heavy atom. The molecule has 0 aromatic heterocycles. The van der Waals surface area contributed by atoms with Gasteiger partial charge >= 0.3 is 0 Å². The van der Waals surface area contributed by atoms with Gasteiger partial charge in [-0.15, -0.1) is 0 Å². The molecular formula is C17H23BrF2N2. The molecule has 2 aliphatic rings. The number of rotatable bonds is 3. The first-order chi connectivity index (χ1) is 10.4. The molecule has 22 heavy (non-hydrogen) atoms. The third-order valence-corrected chi connectivity index (χ3v) is 5.48. The molecular weight excluding hydrogens is 350 g/mol. The molecule has 1 aromatic rings. The van der Waals surface area contributed by atoms with E-state index in [2.05, 4.69) is 52.1 Å². The fourth-order valence-corrected chi connectivity index (χ4v) is 4.03. The molecule has 2 fully saturated rings. The maximum atomic E-state index is 13.4. The van der Waals surface area contributed by atoms with Crippen LogP contribution in [0, 0.1) is 5.92 Å². The van der Waals surface area contributed by atoms with Gasteiger partial charge in [-0.05, 0) is 37.5 Å². The van der Waals surface area contributed by atoms with E-state index in [0.29, 0.717) is 12.1 Å². The molecule has 3 rings (SSSR count). The van der Waals surface area contributed by atoms with Gasteiger partial charge in [-0.25, -0.2) is 8.78 Å². The van der Waals surface area contributed by atoms with E-state index in [1.807, 2.05) is 12.1 Å². The second kappa shape index (κ2) is 6.17. The van der Waals surface area contributed by atoms with Gasteiger partial charge in [-0.2, -0.15) is 0 Å². The standard InChI is InChI=1S/C17H23BrF2N2/c1-11-10-22(12(2)9-21-11)16(14-7-17(19,20)8-14)13-3-5-15(18)6-4-13/h3-6,11-12,14,16,21H,7-10H2,1-2H3/t11-,12+,16?/m0/s1. The van der Waals surface area contributed by atoms with Gasteiger partial charge in [0, 0.05) is 48.5 Å². The van der Waals surface area contributed by atoms with Crippen molar-refractivity contribution < 1.29 is 8.78 Å². The summed E-state index contributed by atoms with van der Waals surface area (Å²) in [7, 11) is 0. The van der Waals surface area contributed by atoms with Crippen LogP contribution < -0.4 is 5.32 Å². The molecule has 3 atom stereocenters. The van der Waals surface area contributed by atoms with Crippen LogP contribution in [0.5, 0.6) is 0 Å². The zero-order valence-electron chi connectivity index (χ0n) is 13.0. The minimum Gasteiger partial charge on any atom is -0.311 e. The fourth-order valence-electron chi connectivity index (χ4n) is 3.76. The Labute approximate surface area is 139 Å². The van der Waals surface area contributed by atoms with E-state index in [9.17, 15) is 8.78 Å². The average Bonchev–Trinajstić information content (AvgIpc) is 2.43. The normalized spacial score (nSPS) is 30.8. The van der Waals surface area contributed by atoms with Crippen molar-refractivity contribution in [3.8, 4) is 0 Å². The highest BCUT2D eigenvalue weighted by Gasteiger charge is 2.50. The Balaban J connectivity index is 1.87. The second-order valence-corrected chi connectivity index (χ2v) is 7.79. The zero-order valence-corrected chi connectivity index (χ0v) is 14.6. The minimum absolute atomic E-state index is 0.0127. The molecule has 0 radical (unpaired) electrons. The molecule has 0 spiro atoms. The zero-order chi connectivity index (χ0) is 15.9. The van der Waals surface area contributed by atoms with Crippen molar-refractivity contribution in [3.63, 3.8) is 0 Å². The van der Waals surface area contributed by atoms with E-state index in [0.717, 1.165) is 23.1 Å². The van der Waals surface area contributed by atoms with E-state index in [1.165, 1.54) is 0 Å². The van der Waals surface area contributed by atoms with Gasteiger partial charge in [0.05, 0.1) is 0 Å². The Hall–Kier alpha value is -0.520. The van der Waals surface area contributed by atoms with Gasteiger partial charge in [0.25, 0.3) is 0 Å². The number of benzene rings is 1. The predicted octanol–water partition coefficient (Wildman–Crippen LogP) is 4.22. The SMILES string of the molecule is C[C@@H]1CN[C@@H](C)CN1C(c1ccc(Br)cc1)C1CC(F)(F)C1. The molecule has 1 aliphatic heterocycles. The maximum Gasteiger partial charge on any atom is 0.248 e. The number of piperazine rings is 1. The molecule has 1 aliphatic carbocycles. The van der Waals surface area contributed by atoms with Gasteiger partial charge < -0.3 is 5.32 Å². The highest BCUT2D eigenvalue weighted by Crippen LogP contribution is 2.50. The van der Waals surface area contributed by atoms with E-state index >= 15 is 0 Å². The van der Waals surface area contributed by atoms with Crippen molar-refractivity contribution in [1.82, 2.24) is 10.2 Å². The Morgan fingerprint density at radius 3 is 2.45 bits per heavy atom. The monoisotopic (exact) mass is 372 g/mol. The summed E-state index contributed by atoms with van der Waals surface area (Å²) in [5.74, 6) is -2.43. The maximum absolute atomic E-state index is 13.4. The Kier molecular flexibility index (Phi) is 4.59. The molecule has 122 valence electrons. The highest BCUT2D eigenvalue weighted by molar-refractivity contribution is 9.10. The number of hydrogen-bond acceptors (Lipinski definition) is 2. The second-order valence-electron chi connectivity index (χ2n) is 6.88. The van der Waals surface area contributed by atoms with Crippen molar-refractivity contribution in [2.45, 2.75) is 50.7 Å². The van der Waals surface area contributed by atoms with Crippen molar-refractivity contribution in [3.05, 3.63) is 34.3 Å². The lowest BCUT2D eigenvalue weighted by molar-refractivity contribution is -0.137. The number of hydrogen-bond donors (Lipinski definition) is 1. The van der Waals surface area contributed by atoms with Crippen LogP contribution in [0.25, 0.3) is 0 Å². The van der Waals surface area contributed by atoms with Crippen molar-refractivity contribution in [2.75, 3.05) is 13.1 Å². The first kappa shape index (κ1) is 16.3. The van der Waals surface area contributed by atoms with E-state index in [1.54, 1.807) is 0 Å². The molecule has 1 saturated heterocycles. The van der Waals surface area contributed by atoms with Crippen LogP contribution in [-0.4, -0.2) is 36.0 Å². The van der Waals surface area contributed by atoms with Crippen LogP contribution in [-0.2, 0) is 0 Å². The van der Waals surface area contributed by atoms with Gasteiger partial charge in [0.2, 0.25) is 5.92 Å². The van der Waals surface area contributed by atoms with E-state index in [-0.39, 0.29) is 24.8 Å². The molecule has 0 bridgehead atoms. The smallest absolute Gasteiger partial charge is 0.248 e. The Morgan fingerprint density at radius 2 is 1.86 bits per heavy atom. The van der Waals surface area contributed by atoms with Crippen molar-refractivity contribution in [1.29, 1.82) is 0 Å². The lowest BCUT2D eigenvalue weighted by Gasteiger charge is -2.49. The summed E-state index contributed by atoms with van der Waals surface area (Å²) in [5.41, 5.74) is 1.16. The lowest BCUT2D eigenvalue weighted by atomic mass is 9.73. The number of halogens is 3. The van der Waals surface area contributed by atoms with Crippen LogP contribution in [0.3, 0.4) is 0 Å². The molecule has 1 N–H and O–H groups in total. The number of alkyl halides is 2. The summed E-state index contributed by atoms with van der Waals surface area (Å²) in [6.07, 6.45) is 0.0253. The quantitative estimate of drug-likeness (QED) is 0.854. The molecule has 5 heteroatoms. The Bertz CT molecular complexity index is 512. The third-order valence-electron chi connectivity index (χ3n) is 4.95. The number of nitrogens with one attached hydrogen (secondary N) is 1. The molecule has 0 amide bonds. The topological polar surface area (TPSA) is 15.3 Å². The van der Waals surface area contributed by atoms with Crippen LogP contribution in [0.1, 0.15) is 38.3 Å². The summed E-state index contributed by atoms with van der Waals surface area (Å²) in [6, 6.07) is 9.02. The fraction of sp³-hybridized carbons (Fsp3) is 0.647. The number of nitrogens with zero attached hydrogens (tertiary/aromatic N) is 1. The van der Waals surface area contributed by atoms with Crippen LogP contribution in [0.15, 0.2) is 28.7 Å². The minimum atomic E-state index is -2.47. The summed E-state index contributed by atoms with van der Waals surface area (Å²) in [5, 5.41) is 3.47. The molecule has 1 saturated carbocycles. The lowest BCUT2D eigenvalue weighted by Crippen LogP contribution is -2.58. The van der Waals surface area contributed by atoms with Crippen LogP contribution in [0.4, 0.5) is 8.78 Å². The van der Waals surface area contributed by atoms with Crippen molar-refractivity contribution in [2.24, 2.45) is 5.92 Å². The van der Waals surface area contributed by atoms with E-state index < -0.39 is 5.92 Å². The van der Waals surface area contributed by atoms with Gasteiger partial charge in [-0.3, -0.25) is 4.90 Å². The van der Waals surface area contributed by atoms with E-state index in [4.69, 9.17) is 0 Å². The van der Waals surface area contributed by atoms with Crippen LogP contribution >= 0.6 is 15.9 Å². The molecule has 1 heterocycles. The van der Waals surface area contributed by atoms with Gasteiger partial charge in [0.15, 0.2) is 0 Å². The van der Waals surface area contributed by atoms with Crippen molar-refractivity contribution >= 4 is 15.9 Å². The first-order valence-electron chi connectivity index (χ1n) is 7.98. The molecule has 2 nitrogen and oxygen atoms in total. The third kappa shape index (κ3) is 3.36. The largest absolute Gasteiger partial charge is 0.311 e. The highest BCUT2D eigenvalue weighted by atomic mass is 79.9. The van der Waals surface area contributed by atoms with Crippen LogP contribution in [0.2, 0.25) is 0 Å². The predicted molar refractivity (Wildman–Crippen MR) is 88.2 cm³/mol. The van der Waals surface area contributed by atoms with Gasteiger partial charge in [0.1, 0.15) is 0 Å². The summed E-state index contributed by atoms with van der Waals surface area (Å²) >= 11 is 3.45. The molecule has 1 unspecified atom stereocenters. The average molecular weight is 373 g/mol. The first-order valence-corrected chi connectivity index (χ1v) is 8.77. The molecule has 1 aromatic carbocycles. The summed E-state index contributed by atoms with van der Waals surface area (Å²) in [6.45, 7) is 6.16.